The van der Waals surface area contributed by atoms with Crippen LogP contribution in [0.25, 0.3) is 0 Å². The van der Waals surface area contributed by atoms with Gasteiger partial charge in [0.05, 0.1) is 0 Å². The maximum Gasteiger partial charge on any atom is 0.0214 e. The van der Waals surface area contributed by atoms with Crippen molar-refractivity contribution < 1.29 is 0 Å². The van der Waals surface area contributed by atoms with Crippen molar-refractivity contribution in [3.8, 4) is 0 Å². The smallest absolute Gasteiger partial charge is 0.0214 e. The molecule has 0 aliphatic carbocycles. The highest BCUT2D eigenvalue weighted by atomic mass is 79.9. The van der Waals surface area contributed by atoms with Gasteiger partial charge in [-0.2, -0.15) is 0 Å². The van der Waals surface area contributed by atoms with E-state index in [-0.39, 0.29) is 0 Å². The zero-order chi connectivity index (χ0) is 11.1. The molecule has 0 bridgehead atoms. The average Bonchev–Trinajstić information content (AvgIpc) is 2.27. The fourth-order valence-electron chi connectivity index (χ4n) is 2.04. The van der Waals surface area contributed by atoms with E-state index in [9.17, 15) is 0 Å². The molecule has 1 rings (SSSR count). The summed E-state index contributed by atoms with van der Waals surface area (Å²) in [5, 5.41) is 0. The second-order valence-corrected chi connectivity index (χ2v) is 5.29. The van der Waals surface area contributed by atoms with Gasteiger partial charge < -0.3 is 0 Å². The van der Waals surface area contributed by atoms with E-state index >= 15 is 0 Å². The van der Waals surface area contributed by atoms with Crippen molar-refractivity contribution >= 4 is 15.9 Å². The molecular formula is C14H21Br. The van der Waals surface area contributed by atoms with Crippen molar-refractivity contribution in [1.29, 1.82) is 0 Å². The Labute approximate surface area is 102 Å². The Balaban J connectivity index is 2.73. The number of alkyl halides is 1. The molecule has 0 fully saturated rings. The summed E-state index contributed by atoms with van der Waals surface area (Å²) in [5.41, 5.74) is 1.48. The van der Waals surface area contributed by atoms with E-state index in [1.165, 1.54) is 31.2 Å². The van der Waals surface area contributed by atoms with Gasteiger partial charge >= 0.3 is 0 Å². The minimum absolute atomic E-state index is 0.629. The van der Waals surface area contributed by atoms with Gasteiger partial charge in [0.25, 0.3) is 0 Å². The molecule has 2 unspecified atom stereocenters. The average molecular weight is 269 g/mol. The van der Waals surface area contributed by atoms with E-state index in [1.54, 1.807) is 0 Å². The number of rotatable bonds is 6. The standard InChI is InChI=1S/C14H21Br/c1-3-8-13(14(15)9-4-2)12-10-6-5-7-11-12/h5-7,10-11,13-14H,3-4,8-9H2,1-2H3. The SMILES string of the molecule is CCCC(Br)C(CCC)c1ccccc1. The summed E-state index contributed by atoms with van der Waals surface area (Å²) in [4.78, 5) is 0.629. The van der Waals surface area contributed by atoms with Crippen LogP contribution in [-0.2, 0) is 0 Å². The van der Waals surface area contributed by atoms with Gasteiger partial charge in [-0.05, 0) is 24.3 Å². The monoisotopic (exact) mass is 268 g/mol. The fourth-order valence-corrected chi connectivity index (χ4v) is 3.07. The predicted octanol–water partition coefficient (Wildman–Crippen LogP) is 5.13. The lowest BCUT2D eigenvalue weighted by atomic mass is 9.90. The number of hydrogen-bond acceptors (Lipinski definition) is 0. The van der Waals surface area contributed by atoms with Crippen LogP contribution in [0.5, 0.6) is 0 Å². The normalized spacial score (nSPS) is 14.9. The Morgan fingerprint density at radius 2 is 1.60 bits per heavy atom. The first kappa shape index (κ1) is 12.8. The van der Waals surface area contributed by atoms with E-state index in [2.05, 4.69) is 60.1 Å². The Bertz CT molecular complexity index is 255. The van der Waals surface area contributed by atoms with Crippen molar-refractivity contribution in [1.82, 2.24) is 0 Å². The number of benzene rings is 1. The Kier molecular flexibility index (Phi) is 6.00. The van der Waals surface area contributed by atoms with Gasteiger partial charge in [-0.3, -0.25) is 0 Å². The molecule has 0 heterocycles. The molecule has 0 radical (unpaired) electrons. The Morgan fingerprint density at radius 3 is 2.13 bits per heavy atom. The lowest BCUT2D eigenvalue weighted by molar-refractivity contribution is 0.562. The quantitative estimate of drug-likeness (QED) is 0.628. The minimum atomic E-state index is 0.629. The number of hydrogen-bond donors (Lipinski definition) is 0. The second-order valence-electron chi connectivity index (χ2n) is 4.11. The van der Waals surface area contributed by atoms with E-state index < -0.39 is 0 Å². The molecule has 0 amide bonds. The van der Waals surface area contributed by atoms with Crippen LogP contribution in [-0.4, -0.2) is 4.83 Å². The van der Waals surface area contributed by atoms with Crippen molar-refractivity contribution in [2.75, 3.05) is 0 Å². The third-order valence-electron chi connectivity index (χ3n) is 2.83. The lowest BCUT2D eigenvalue weighted by Gasteiger charge is -2.22. The van der Waals surface area contributed by atoms with Crippen LogP contribution < -0.4 is 0 Å². The summed E-state index contributed by atoms with van der Waals surface area (Å²) in [6, 6.07) is 10.9. The van der Waals surface area contributed by atoms with Crippen LogP contribution >= 0.6 is 15.9 Å². The van der Waals surface area contributed by atoms with Crippen molar-refractivity contribution in [2.45, 2.75) is 50.3 Å². The molecule has 0 aliphatic heterocycles. The van der Waals surface area contributed by atoms with E-state index in [0.717, 1.165) is 0 Å². The lowest BCUT2D eigenvalue weighted by Crippen LogP contribution is -2.12. The van der Waals surface area contributed by atoms with Crippen LogP contribution in [0.15, 0.2) is 30.3 Å². The predicted molar refractivity (Wildman–Crippen MR) is 71.7 cm³/mol. The van der Waals surface area contributed by atoms with Gasteiger partial charge in [-0.15, -0.1) is 0 Å². The van der Waals surface area contributed by atoms with Crippen molar-refractivity contribution in [3.05, 3.63) is 35.9 Å². The summed E-state index contributed by atoms with van der Waals surface area (Å²) in [5.74, 6) is 0.677. The van der Waals surface area contributed by atoms with E-state index in [1.807, 2.05) is 0 Å². The molecule has 1 heteroatoms. The first-order chi connectivity index (χ1) is 7.29. The third-order valence-corrected chi connectivity index (χ3v) is 3.92. The van der Waals surface area contributed by atoms with Gasteiger partial charge in [-0.25, -0.2) is 0 Å². The van der Waals surface area contributed by atoms with E-state index in [4.69, 9.17) is 0 Å². The Morgan fingerprint density at radius 1 is 1.00 bits per heavy atom. The summed E-state index contributed by atoms with van der Waals surface area (Å²) in [6.45, 7) is 4.52. The maximum atomic E-state index is 3.84. The maximum absolute atomic E-state index is 3.84. The number of halogens is 1. The van der Waals surface area contributed by atoms with Crippen molar-refractivity contribution in [2.24, 2.45) is 0 Å². The summed E-state index contributed by atoms with van der Waals surface area (Å²) in [7, 11) is 0. The van der Waals surface area contributed by atoms with Gasteiger partial charge in [0.15, 0.2) is 0 Å². The molecule has 84 valence electrons. The summed E-state index contributed by atoms with van der Waals surface area (Å²) in [6.07, 6.45) is 5.05. The fraction of sp³-hybridized carbons (Fsp3) is 0.571. The summed E-state index contributed by atoms with van der Waals surface area (Å²) >= 11 is 3.84. The van der Waals surface area contributed by atoms with Crippen LogP contribution in [0.2, 0.25) is 0 Å². The highest BCUT2D eigenvalue weighted by molar-refractivity contribution is 9.09. The van der Waals surface area contributed by atoms with Gasteiger partial charge in [0.1, 0.15) is 0 Å². The zero-order valence-electron chi connectivity index (χ0n) is 9.75. The first-order valence-electron chi connectivity index (χ1n) is 5.98. The Hall–Kier alpha value is -0.300. The van der Waals surface area contributed by atoms with Crippen molar-refractivity contribution in [3.63, 3.8) is 0 Å². The largest absolute Gasteiger partial charge is 0.0884 e. The molecule has 0 spiro atoms. The highest BCUT2D eigenvalue weighted by Crippen LogP contribution is 2.32. The highest BCUT2D eigenvalue weighted by Gasteiger charge is 2.18. The minimum Gasteiger partial charge on any atom is -0.0884 e. The second kappa shape index (κ2) is 7.05. The molecule has 0 aromatic heterocycles. The molecule has 0 N–H and O–H groups in total. The molecule has 2 atom stereocenters. The van der Waals surface area contributed by atoms with Gasteiger partial charge in [-0.1, -0.05) is 73.0 Å². The molecule has 1 aromatic rings. The molecule has 0 aliphatic rings. The molecule has 0 saturated heterocycles. The molecule has 0 saturated carbocycles. The molecule has 15 heavy (non-hydrogen) atoms. The van der Waals surface area contributed by atoms with Crippen LogP contribution in [0, 0.1) is 0 Å². The third kappa shape index (κ3) is 3.98. The van der Waals surface area contributed by atoms with Gasteiger partial charge in [0.2, 0.25) is 0 Å². The topological polar surface area (TPSA) is 0 Å². The first-order valence-corrected chi connectivity index (χ1v) is 6.90. The van der Waals surface area contributed by atoms with E-state index in [0.29, 0.717) is 10.7 Å². The molecule has 0 nitrogen and oxygen atoms in total. The van der Waals surface area contributed by atoms with Crippen LogP contribution in [0.4, 0.5) is 0 Å². The molecule has 1 aromatic carbocycles. The van der Waals surface area contributed by atoms with Gasteiger partial charge in [0, 0.05) is 4.83 Å². The molecular weight excluding hydrogens is 248 g/mol. The van der Waals surface area contributed by atoms with Crippen LogP contribution in [0.1, 0.15) is 51.0 Å². The summed E-state index contributed by atoms with van der Waals surface area (Å²) < 4.78 is 0. The van der Waals surface area contributed by atoms with Crippen LogP contribution in [0.3, 0.4) is 0 Å². The zero-order valence-corrected chi connectivity index (χ0v) is 11.3.